The van der Waals surface area contributed by atoms with Gasteiger partial charge in [0.25, 0.3) is 5.91 Å². The molecule has 1 aromatic carbocycles. The van der Waals surface area contributed by atoms with Gasteiger partial charge in [-0.1, -0.05) is 12.1 Å². The summed E-state index contributed by atoms with van der Waals surface area (Å²) in [6.45, 7) is -0.550. The summed E-state index contributed by atoms with van der Waals surface area (Å²) < 4.78 is 5.26. The minimum Gasteiger partial charge on any atom is -0.482 e. The molecule has 1 aromatic rings. The zero-order valence-electron chi connectivity index (χ0n) is 10.1. The van der Waals surface area contributed by atoms with Gasteiger partial charge in [-0.15, -0.1) is 0 Å². The molecule has 3 amide bonds. The Hall–Kier alpha value is -2.57. The molecule has 1 saturated heterocycles. The quantitative estimate of drug-likeness (QED) is 0.545. The van der Waals surface area contributed by atoms with E-state index >= 15 is 0 Å². The van der Waals surface area contributed by atoms with Crippen molar-refractivity contribution in [2.75, 3.05) is 25.4 Å². The predicted octanol–water partition coefficient (Wildman–Crippen LogP) is -0.867. The van der Waals surface area contributed by atoms with Crippen LogP contribution < -0.4 is 15.8 Å². The summed E-state index contributed by atoms with van der Waals surface area (Å²) in [6.07, 6.45) is 0. The second kappa shape index (κ2) is 5.38. The number of nitrogens with one attached hydrogen (secondary N) is 1. The number of para-hydroxylation sites is 2. The van der Waals surface area contributed by atoms with Gasteiger partial charge >= 0.3 is 0 Å². The highest BCUT2D eigenvalue weighted by atomic mass is 16.5. The molecule has 7 heteroatoms. The standard InChI is InChI=1S/C12H13N3O4/c13-8-3-1-2-4-9(8)19-7-12(18)15-5-10(16)14-11(17)6-15/h1-4H,5-7,13H2,(H,14,16,17). The lowest BCUT2D eigenvalue weighted by atomic mass is 10.3. The van der Waals surface area contributed by atoms with Crippen LogP contribution in [-0.2, 0) is 14.4 Å². The number of rotatable bonds is 3. The third-order valence-corrected chi connectivity index (χ3v) is 2.57. The van der Waals surface area contributed by atoms with Crippen LogP contribution in [-0.4, -0.2) is 42.3 Å². The van der Waals surface area contributed by atoms with Crippen molar-refractivity contribution in [1.82, 2.24) is 10.2 Å². The molecular formula is C12H13N3O4. The Balaban J connectivity index is 1.93. The maximum Gasteiger partial charge on any atom is 0.261 e. The molecule has 7 nitrogen and oxygen atoms in total. The first-order valence-electron chi connectivity index (χ1n) is 5.64. The first kappa shape index (κ1) is 12.9. The number of ether oxygens (including phenoxy) is 1. The Bertz CT molecular complexity index is 513. The molecule has 0 saturated carbocycles. The maximum atomic E-state index is 11.8. The number of benzene rings is 1. The number of nitrogen functional groups attached to an aromatic ring is 1. The number of hydrogen-bond acceptors (Lipinski definition) is 5. The molecule has 0 bridgehead atoms. The summed E-state index contributed by atoms with van der Waals surface area (Å²) in [7, 11) is 0. The molecule has 1 aliphatic rings. The summed E-state index contributed by atoms with van der Waals surface area (Å²) in [4.78, 5) is 35.2. The molecule has 1 aliphatic heterocycles. The molecule has 0 unspecified atom stereocenters. The summed E-state index contributed by atoms with van der Waals surface area (Å²) >= 11 is 0. The minimum absolute atomic E-state index is 0.141. The molecular weight excluding hydrogens is 250 g/mol. The largest absolute Gasteiger partial charge is 0.482 e. The van der Waals surface area contributed by atoms with Crippen molar-refractivity contribution in [2.45, 2.75) is 0 Å². The minimum atomic E-state index is -0.496. The van der Waals surface area contributed by atoms with Crippen molar-refractivity contribution >= 4 is 23.4 Å². The molecule has 1 heterocycles. The fourth-order valence-electron chi connectivity index (χ4n) is 1.66. The molecule has 19 heavy (non-hydrogen) atoms. The van der Waals surface area contributed by atoms with E-state index in [1.165, 1.54) is 0 Å². The van der Waals surface area contributed by atoms with Gasteiger partial charge in [0.15, 0.2) is 6.61 Å². The lowest BCUT2D eigenvalue weighted by Crippen LogP contribution is -2.54. The van der Waals surface area contributed by atoms with Crippen LogP contribution in [0.15, 0.2) is 24.3 Å². The van der Waals surface area contributed by atoms with Crippen molar-refractivity contribution in [2.24, 2.45) is 0 Å². The number of nitrogens with zero attached hydrogens (tertiary/aromatic N) is 1. The van der Waals surface area contributed by atoms with Gasteiger partial charge < -0.3 is 15.4 Å². The smallest absolute Gasteiger partial charge is 0.261 e. The number of imide groups is 1. The monoisotopic (exact) mass is 263 g/mol. The number of anilines is 1. The van der Waals surface area contributed by atoms with Crippen molar-refractivity contribution in [1.29, 1.82) is 0 Å². The molecule has 0 aromatic heterocycles. The first-order chi connectivity index (χ1) is 9.06. The molecule has 3 N–H and O–H groups in total. The number of piperazine rings is 1. The lowest BCUT2D eigenvalue weighted by Gasteiger charge is -2.25. The molecule has 100 valence electrons. The Kier molecular flexibility index (Phi) is 3.65. The third kappa shape index (κ3) is 3.21. The van der Waals surface area contributed by atoms with E-state index in [-0.39, 0.29) is 19.7 Å². The van der Waals surface area contributed by atoms with E-state index in [2.05, 4.69) is 5.32 Å². The van der Waals surface area contributed by atoms with Gasteiger partial charge in [0.05, 0.1) is 5.69 Å². The van der Waals surface area contributed by atoms with Crippen LogP contribution in [0.5, 0.6) is 5.75 Å². The summed E-state index contributed by atoms with van der Waals surface area (Å²) in [5.74, 6) is -1.04. The Labute approximate surface area is 109 Å². The van der Waals surface area contributed by atoms with E-state index in [9.17, 15) is 14.4 Å². The van der Waals surface area contributed by atoms with Crippen LogP contribution in [0.1, 0.15) is 0 Å². The van der Waals surface area contributed by atoms with Gasteiger partial charge in [0.1, 0.15) is 18.8 Å². The molecule has 2 rings (SSSR count). The van der Waals surface area contributed by atoms with Gasteiger partial charge in [0, 0.05) is 0 Å². The highest BCUT2D eigenvalue weighted by Crippen LogP contribution is 2.19. The third-order valence-electron chi connectivity index (χ3n) is 2.57. The van der Waals surface area contributed by atoms with Crippen LogP contribution in [0.3, 0.4) is 0 Å². The molecule has 0 atom stereocenters. The van der Waals surface area contributed by atoms with E-state index in [1.54, 1.807) is 24.3 Å². The van der Waals surface area contributed by atoms with Gasteiger partial charge in [-0.3, -0.25) is 19.7 Å². The number of carbonyl (C=O) groups excluding carboxylic acids is 3. The Morgan fingerprint density at radius 3 is 2.53 bits per heavy atom. The second-order valence-corrected chi connectivity index (χ2v) is 4.05. The molecule has 1 fully saturated rings. The van der Waals surface area contributed by atoms with Crippen LogP contribution >= 0.6 is 0 Å². The normalized spacial score (nSPS) is 15.1. The van der Waals surface area contributed by atoms with Crippen LogP contribution in [0.2, 0.25) is 0 Å². The second-order valence-electron chi connectivity index (χ2n) is 4.05. The van der Waals surface area contributed by atoms with E-state index in [4.69, 9.17) is 10.5 Å². The average molecular weight is 263 g/mol. The SMILES string of the molecule is Nc1ccccc1OCC(=O)N1CC(=O)NC(=O)C1. The number of hydrogen-bond donors (Lipinski definition) is 2. The van der Waals surface area contributed by atoms with E-state index in [1.807, 2.05) is 0 Å². The summed E-state index contributed by atoms with van der Waals surface area (Å²) in [6, 6.07) is 6.76. The number of carbonyl (C=O) groups is 3. The van der Waals surface area contributed by atoms with Crippen molar-refractivity contribution in [3.8, 4) is 5.75 Å². The van der Waals surface area contributed by atoms with E-state index < -0.39 is 17.7 Å². The lowest BCUT2D eigenvalue weighted by molar-refractivity contribution is -0.146. The fraction of sp³-hybridized carbons (Fsp3) is 0.250. The number of nitrogens with two attached hydrogens (primary N) is 1. The maximum absolute atomic E-state index is 11.8. The van der Waals surface area contributed by atoms with Gasteiger partial charge in [-0.05, 0) is 12.1 Å². The highest BCUT2D eigenvalue weighted by molar-refractivity contribution is 6.02. The van der Waals surface area contributed by atoms with Crippen LogP contribution in [0, 0.1) is 0 Å². The Morgan fingerprint density at radius 2 is 1.89 bits per heavy atom. The zero-order chi connectivity index (χ0) is 13.8. The van der Waals surface area contributed by atoms with Crippen LogP contribution in [0.4, 0.5) is 5.69 Å². The number of amides is 3. The zero-order valence-corrected chi connectivity index (χ0v) is 10.1. The topological polar surface area (TPSA) is 102 Å². The van der Waals surface area contributed by atoms with Gasteiger partial charge in [-0.25, -0.2) is 0 Å². The van der Waals surface area contributed by atoms with Crippen LogP contribution in [0.25, 0.3) is 0 Å². The van der Waals surface area contributed by atoms with Gasteiger partial charge in [-0.2, -0.15) is 0 Å². The average Bonchev–Trinajstić information content (AvgIpc) is 2.36. The van der Waals surface area contributed by atoms with Crippen molar-refractivity contribution in [3.05, 3.63) is 24.3 Å². The molecule has 0 radical (unpaired) electrons. The van der Waals surface area contributed by atoms with E-state index in [0.717, 1.165) is 4.90 Å². The van der Waals surface area contributed by atoms with Gasteiger partial charge in [0.2, 0.25) is 11.8 Å². The Morgan fingerprint density at radius 1 is 1.26 bits per heavy atom. The molecule has 0 spiro atoms. The molecule has 0 aliphatic carbocycles. The highest BCUT2D eigenvalue weighted by Gasteiger charge is 2.26. The first-order valence-corrected chi connectivity index (χ1v) is 5.64. The summed E-state index contributed by atoms with van der Waals surface area (Å²) in [5.41, 5.74) is 6.08. The van der Waals surface area contributed by atoms with Crippen molar-refractivity contribution in [3.63, 3.8) is 0 Å². The summed E-state index contributed by atoms with van der Waals surface area (Å²) in [5, 5.41) is 2.11. The fourth-order valence-corrected chi connectivity index (χ4v) is 1.66. The predicted molar refractivity (Wildman–Crippen MR) is 66.1 cm³/mol. The van der Waals surface area contributed by atoms with E-state index in [0.29, 0.717) is 11.4 Å². The van der Waals surface area contributed by atoms with Crippen molar-refractivity contribution < 1.29 is 19.1 Å².